The van der Waals surface area contributed by atoms with Gasteiger partial charge in [-0.25, -0.2) is 18.4 Å². The molecule has 0 saturated carbocycles. The molecule has 0 aliphatic carbocycles. The van der Waals surface area contributed by atoms with Crippen LogP contribution in [0.25, 0.3) is 0 Å². The smallest absolute Gasteiger partial charge is 0.348 e. The minimum Gasteiger partial charge on any atom is -0.479 e. The van der Waals surface area contributed by atoms with Gasteiger partial charge in [-0.15, -0.1) is 0 Å². The van der Waals surface area contributed by atoms with E-state index in [9.17, 15) is 18.0 Å². The van der Waals surface area contributed by atoms with Crippen LogP contribution in [-0.4, -0.2) is 32.5 Å². The molecule has 9 heteroatoms. The van der Waals surface area contributed by atoms with Crippen LogP contribution < -0.4 is 15.2 Å². The van der Waals surface area contributed by atoms with Crippen molar-refractivity contribution in [2.75, 3.05) is 5.32 Å². The van der Waals surface area contributed by atoms with Gasteiger partial charge in [0.25, 0.3) is 5.91 Å². The number of hydrogen-bond acceptors (Lipinski definition) is 6. The number of rotatable bonds is 8. The molecular weight excluding hydrogens is 384 g/mol. The number of anilines is 1. The van der Waals surface area contributed by atoms with Gasteiger partial charge in [-0.1, -0.05) is 31.2 Å². The summed E-state index contributed by atoms with van der Waals surface area (Å²) in [5, 5.41) is 7.56. The van der Waals surface area contributed by atoms with Crippen LogP contribution in [0.1, 0.15) is 20.3 Å². The maximum Gasteiger partial charge on any atom is 0.348 e. The summed E-state index contributed by atoms with van der Waals surface area (Å²) in [5.74, 6) is -0.773. The van der Waals surface area contributed by atoms with Gasteiger partial charge in [0.2, 0.25) is 10.0 Å². The SMILES string of the molecule is CC[C@H](Oc1ccccc1)C(=O)O[C@@H](C)C(=O)Nc1cccc(S(N)(=O)=O)c1. The molecule has 2 atom stereocenters. The van der Waals surface area contributed by atoms with Crippen LogP contribution in [0.4, 0.5) is 5.69 Å². The first-order chi connectivity index (χ1) is 13.2. The first kappa shape index (κ1) is 21.4. The van der Waals surface area contributed by atoms with Gasteiger partial charge < -0.3 is 14.8 Å². The Labute approximate surface area is 163 Å². The standard InChI is InChI=1S/C19H22N2O6S/c1-3-17(27-15-9-5-4-6-10-15)19(23)26-13(2)18(22)21-14-8-7-11-16(12-14)28(20,24)25/h4-13,17H,3H2,1-2H3,(H,21,22)(H2,20,24,25)/t13-,17-/m0/s1. The molecule has 0 fully saturated rings. The van der Waals surface area contributed by atoms with E-state index in [4.69, 9.17) is 14.6 Å². The lowest BCUT2D eigenvalue weighted by molar-refractivity contribution is -0.160. The highest BCUT2D eigenvalue weighted by Crippen LogP contribution is 2.16. The van der Waals surface area contributed by atoms with E-state index < -0.39 is 34.1 Å². The Kier molecular flexibility index (Phi) is 7.13. The summed E-state index contributed by atoms with van der Waals surface area (Å²) in [7, 11) is -3.90. The summed E-state index contributed by atoms with van der Waals surface area (Å²) in [5.41, 5.74) is 0.215. The zero-order valence-corrected chi connectivity index (χ0v) is 16.3. The van der Waals surface area contributed by atoms with Gasteiger partial charge in [0, 0.05) is 5.69 Å². The molecule has 0 unspecified atom stereocenters. The zero-order chi connectivity index (χ0) is 20.7. The highest BCUT2D eigenvalue weighted by Gasteiger charge is 2.25. The van der Waals surface area contributed by atoms with E-state index in [2.05, 4.69) is 5.32 Å². The summed E-state index contributed by atoms with van der Waals surface area (Å²) in [6.07, 6.45) is -1.61. The monoisotopic (exact) mass is 406 g/mol. The number of para-hydroxylation sites is 1. The second-order valence-corrected chi connectivity index (χ2v) is 7.53. The van der Waals surface area contributed by atoms with Gasteiger partial charge in [-0.2, -0.15) is 0 Å². The van der Waals surface area contributed by atoms with Gasteiger partial charge in [0.15, 0.2) is 12.2 Å². The van der Waals surface area contributed by atoms with E-state index in [-0.39, 0.29) is 10.6 Å². The summed E-state index contributed by atoms with van der Waals surface area (Å²) in [4.78, 5) is 24.4. The molecule has 2 aromatic rings. The number of sulfonamides is 1. The largest absolute Gasteiger partial charge is 0.479 e. The zero-order valence-electron chi connectivity index (χ0n) is 15.5. The Morgan fingerprint density at radius 1 is 1.11 bits per heavy atom. The van der Waals surface area contributed by atoms with Gasteiger partial charge in [-0.05, 0) is 43.7 Å². The number of benzene rings is 2. The van der Waals surface area contributed by atoms with Crippen LogP contribution >= 0.6 is 0 Å². The third kappa shape index (κ3) is 6.07. The first-order valence-electron chi connectivity index (χ1n) is 8.56. The number of nitrogens with one attached hydrogen (secondary N) is 1. The van der Waals surface area contributed by atoms with Crippen molar-refractivity contribution in [1.82, 2.24) is 0 Å². The van der Waals surface area contributed by atoms with Crippen molar-refractivity contribution in [1.29, 1.82) is 0 Å². The molecule has 1 amide bonds. The lowest BCUT2D eigenvalue weighted by Gasteiger charge is -2.19. The molecule has 150 valence electrons. The van der Waals surface area contributed by atoms with Crippen molar-refractivity contribution in [2.24, 2.45) is 5.14 Å². The molecule has 2 rings (SSSR count). The average molecular weight is 406 g/mol. The number of nitrogens with two attached hydrogens (primary N) is 1. The number of carbonyl (C=O) groups excluding carboxylic acids is 2. The van der Waals surface area contributed by atoms with Crippen molar-refractivity contribution in [3.05, 3.63) is 54.6 Å². The summed E-state index contributed by atoms with van der Waals surface area (Å²) < 4.78 is 33.6. The number of esters is 1. The van der Waals surface area contributed by atoms with Gasteiger partial charge in [-0.3, -0.25) is 4.79 Å². The van der Waals surface area contributed by atoms with Crippen molar-refractivity contribution < 1.29 is 27.5 Å². The number of carbonyl (C=O) groups is 2. The third-order valence-corrected chi connectivity index (χ3v) is 4.66. The predicted molar refractivity (Wildman–Crippen MR) is 103 cm³/mol. The molecule has 0 aliphatic heterocycles. The lowest BCUT2D eigenvalue weighted by atomic mass is 10.2. The fourth-order valence-electron chi connectivity index (χ4n) is 2.26. The van der Waals surface area contributed by atoms with E-state index in [1.54, 1.807) is 31.2 Å². The van der Waals surface area contributed by atoms with Gasteiger partial charge in [0.05, 0.1) is 4.90 Å². The van der Waals surface area contributed by atoms with Crippen LogP contribution in [0.2, 0.25) is 0 Å². The molecule has 0 saturated heterocycles. The van der Waals surface area contributed by atoms with Crippen LogP contribution in [0.15, 0.2) is 59.5 Å². The molecule has 0 aromatic heterocycles. The Morgan fingerprint density at radius 2 is 1.79 bits per heavy atom. The summed E-state index contributed by atoms with van der Waals surface area (Å²) >= 11 is 0. The minimum atomic E-state index is -3.90. The van der Waals surface area contributed by atoms with E-state index in [0.29, 0.717) is 12.2 Å². The highest BCUT2D eigenvalue weighted by molar-refractivity contribution is 7.89. The van der Waals surface area contributed by atoms with Crippen molar-refractivity contribution >= 4 is 27.6 Å². The first-order valence-corrected chi connectivity index (χ1v) is 10.1. The van der Waals surface area contributed by atoms with Crippen LogP contribution in [0.3, 0.4) is 0 Å². The minimum absolute atomic E-state index is 0.141. The second kappa shape index (κ2) is 9.34. The average Bonchev–Trinajstić information content (AvgIpc) is 2.66. The third-order valence-electron chi connectivity index (χ3n) is 3.75. The van der Waals surface area contributed by atoms with E-state index in [1.807, 2.05) is 6.07 Å². The fraction of sp³-hybridized carbons (Fsp3) is 0.263. The summed E-state index contributed by atoms with van der Waals surface area (Å²) in [6.45, 7) is 3.17. The molecule has 2 aromatic carbocycles. The number of hydrogen-bond donors (Lipinski definition) is 2. The van der Waals surface area contributed by atoms with Crippen LogP contribution in [0, 0.1) is 0 Å². The second-order valence-electron chi connectivity index (χ2n) is 5.97. The Morgan fingerprint density at radius 3 is 2.39 bits per heavy atom. The number of primary sulfonamides is 1. The van der Waals surface area contributed by atoms with E-state index in [0.717, 1.165) is 0 Å². The van der Waals surface area contributed by atoms with Crippen molar-refractivity contribution in [3.8, 4) is 5.75 Å². The van der Waals surface area contributed by atoms with Gasteiger partial charge >= 0.3 is 5.97 Å². The highest BCUT2D eigenvalue weighted by atomic mass is 32.2. The number of ether oxygens (including phenoxy) is 2. The molecule has 0 bridgehead atoms. The van der Waals surface area contributed by atoms with E-state index in [1.165, 1.54) is 31.2 Å². The normalized spacial score (nSPS) is 13.2. The molecular formula is C19H22N2O6S. The molecule has 0 heterocycles. The summed E-state index contributed by atoms with van der Waals surface area (Å²) in [6, 6.07) is 14.3. The molecule has 0 radical (unpaired) electrons. The Hall–Kier alpha value is -2.91. The maximum atomic E-state index is 12.3. The molecule has 0 spiro atoms. The van der Waals surface area contributed by atoms with Crippen LogP contribution in [0.5, 0.6) is 5.75 Å². The maximum absolute atomic E-state index is 12.3. The van der Waals surface area contributed by atoms with E-state index >= 15 is 0 Å². The molecule has 3 N–H and O–H groups in total. The molecule has 28 heavy (non-hydrogen) atoms. The Bertz CT molecular complexity index is 930. The quantitative estimate of drug-likeness (QED) is 0.647. The Balaban J connectivity index is 1.98. The predicted octanol–water partition coefficient (Wildman–Crippen LogP) is 2.06. The van der Waals surface area contributed by atoms with Crippen LogP contribution in [-0.2, 0) is 24.3 Å². The van der Waals surface area contributed by atoms with Crippen molar-refractivity contribution in [2.45, 2.75) is 37.4 Å². The molecule has 0 aliphatic rings. The molecule has 8 nitrogen and oxygen atoms in total. The fourth-order valence-corrected chi connectivity index (χ4v) is 2.82. The van der Waals surface area contributed by atoms with Crippen molar-refractivity contribution in [3.63, 3.8) is 0 Å². The number of amides is 1. The lowest BCUT2D eigenvalue weighted by Crippen LogP contribution is -2.36. The van der Waals surface area contributed by atoms with Gasteiger partial charge in [0.1, 0.15) is 5.75 Å². The topological polar surface area (TPSA) is 125 Å².